The van der Waals surface area contributed by atoms with Gasteiger partial charge in [0.05, 0.1) is 0 Å². The molecule has 0 heterocycles. The van der Waals surface area contributed by atoms with Crippen molar-refractivity contribution < 1.29 is 0 Å². The number of fused-ring (bicyclic) bond motifs is 2. The highest BCUT2D eigenvalue weighted by Gasteiger charge is 2.39. The zero-order valence-electron chi connectivity index (χ0n) is 12.2. The van der Waals surface area contributed by atoms with Gasteiger partial charge in [0.1, 0.15) is 0 Å². The van der Waals surface area contributed by atoms with Crippen molar-refractivity contribution in [3.8, 4) is 0 Å². The summed E-state index contributed by atoms with van der Waals surface area (Å²) < 4.78 is 0. The van der Waals surface area contributed by atoms with Gasteiger partial charge in [-0.2, -0.15) is 0 Å². The molecule has 2 saturated carbocycles. The highest BCUT2D eigenvalue weighted by atomic mass is 14.9. The van der Waals surface area contributed by atoms with Crippen molar-refractivity contribution >= 4 is 5.69 Å². The maximum Gasteiger partial charge on any atom is 0.0342 e. The van der Waals surface area contributed by atoms with E-state index in [-0.39, 0.29) is 0 Å². The first-order valence-electron chi connectivity index (χ1n) is 8.20. The molecule has 3 atom stereocenters. The van der Waals surface area contributed by atoms with Crippen LogP contribution < -0.4 is 5.32 Å². The van der Waals surface area contributed by atoms with Crippen molar-refractivity contribution in [1.29, 1.82) is 0 Å². The molecule has 1 N–H and O–H groups in total. The molecule has 1 aromatic rings. The Morgan fingerprint density at radius 2 is 1.89 bits per heavy atom. The van der Waals surface area contributed by atoms with Crippen LogP contribution in [0.5, 0.6) is 0 Å². The van der Waals surface area contributed by atoms with E-state index in [0.29, 0.717) is 0 Å². The minimum Gasteiger partial charge on any atom is -0.382 e. The molecule has 2 aliphatic rings. The van der Waals surface area contributed by atoms with Crippen molar-refractivity contribution in [3.05, 3.63) is 29.8 Å². The Morgan fingerprint density at radius 1 is 1.05 bits per heavy atom. The van der Waals surface area contributed by atoms with Gasteiger partial charge in [0.25, 0.3) is 0 Å². The summed E-state index contributed by atoms with van der Waals surface area (Å²) in [6, 6.07) is 9.95. The Labute approximate surface area is 117 Å². The van der Waals surface area contributed by atoms with Crippen LogP contribution in [0.1, 0.15) is 57.4 Å². The molecule has 2 aliphatic carbocycles. The summed E-state index contributed by atoms with van der Waals surface area (Å²) in [5.41, 5.74) is 2.82. The molecule has 2 bridgehead atoms. The molecule has 3 rings (SSSR count). The Bertz CT molecular complexity index is 395. The molecule has 0 spiro atoms. The molecule has 1 nitrogen and oxygen atoms in total. The van der Waals surface area contributed by atoms with Gasteiger partial charge in [-0.15, -0.1) is 0 Å². The third-order valence-electron chi connectivity index (χ3n) is 5.11. The Balaban J connectivity index is 1.51. The van der Waals surface area contributed by atoms with E-state index >= 15 is 0 Å². The molecule has 2 fully saturated rings. The van der Waals surface area contributed by atoms with Crippen LogP contribution in [-0.4, -0.2) is 6.04 Å². The molecule has 19 heavy (non-hydrogen) atoms. The second-order valence-corrected chi connectivity index (χ2v) is 6.58. The minimum atomic E-state index is 0.754. The quantitative estimate of drug-likeness (QED) is 0.706. The summed E-state index contributed by atoms with van der Waals surface area (Å²) in [6.45, 7) is 2.27. The van der Waals surface area contributed by atoms with Gasteiger partial charge in [0, 0.05) is 11.7 Å². The first-order chi connectivity index (χ1) is 9.35. The standard InChI is InChI=1S/C18H27N/c1-2-3-4-5-14-7-10-17(11-8-14)19-18-13-15-6-9-16(18)12-15/h7-8,10-11,15-16,18-19H,2-6,9,12-13H2,1H3. The summed E-state index contributed by atoms with van der Waals surface area (Å²) in [5, 5.41) is 3.77. The summed E-state index contributed by atoms with van der Waals surface area (Å²) in [6.07, 6.45) is 11.1. The van der Waals surface area contributed by atoms with Crippen molar-refractivity contribution in [2.45, 2.75) is 64.3 Å². The molecule has 0 radical (unpaired) electrons. The van der Waals surface area contributed by atoms with Crippen molar-refractivity contribution in [1.82, 2.24) is 0 Å². The van der Waals surface area contributed by atoms with E-state index in [2.05, 4.69) is 36.5 Å². The molecule has 1 heteroatoms. The molecule has 0 aromatic heterocycles. The Morgan fingerprint density at radius 3 is 2.53 bits per heavy atom. The lowest BCUT2D eigenvalue weighted by molar-refractivity contribution is 0.440. The third-order valence-corrected chi connectivity index (χ3v) is 5.11. The number of nitrogens with one attached hydrogen (secondary N) is 1. The second kappa shape index (κ2) is 5.98. The maximum absolute atomic E-state index is 3.77. The van der Waals surface area contributed by atoms with Crippen LogP contribution >= 0.6 is 0 Å². The average Bonchev–Trinajstić information content (AvgIpc) is 3.03. The number of hydrogen-bond acceptors (Lipinski definition) is 1. The Kier molecular flexibility index (Phi) is 4.10. The van der Waals surface area contributed by atoms with E-state index in [0.717, 1.165) is 17.9 Å². The van der Waals surface area contributed by atoms with Gasteiger partial charge in [-0.1, -0.05) is 38.3 Å². The van der Waals surface area contributed by atoms with Crippen LogP contribution in [0, 0.1) is 11.8 Å². The lowest BCUT2D eigenvalue weighted by atomic mass is 9.95. The van der Waals surface area contributed by atoms with Crippen LogP contribution in [0.4, 0.5) is 5.69 Å². The van der Waals surface area contributed by atoms with E-state index < -0.39 is 0 Å². The third kappa shape index (κ3) is 3.13. The molecule has 0 saturated heterocycles. The van der Waals surface area contributed by atoms with Crippen molar-refractivity contribution in [3.63, 3.8) is 0 Å². The van der Waals surface area contributed by atoms with Gasteiger partial charge in [-0.05, 0) is 61.6 Å². The summed E-state index contributed by atoms with van der Waals surface area (Å²) in [4.78, 5) is 0. The van der Waals surface area contributed by atoms with E-state index in [9.17, 15) is 0 Å². The number of hydrogen-bond donors (Lipinski definition) is 1. The van der Waals surface area contributed by atoms with Gasteiger partial charge in [-0.25, -0.2) is 0 Å². The van der Waals surface area contributed by atoms with Crippen LogP contribution in [0.25, 0.3) is 0 Å². The monoisotopic (exact) mass is 257 g/mol. The van der Waals surface area contributed by atoms with E-state index in [1.165, 1.54) is 62.6 Å². The second-order valence-electron chi connectivity index (χ2n) is 6.58. The normalized spacial score (nSPS) is 28.8. The van der Waals surface area contributed by atoms with Crippen LogP contribution in [0.2, 0.25) is 0 Å². The maximum atomic E-state index is 3.77. The zero-order chi connectivity index (χ0) is 13.1. The number of benzene rings is 1. The summed E-state index contributed by atoms with van der Waals surface area (Å²) in [7, 11) is 0. The van der Waals surface area contributed by atoms with E-state index in [4.69, 9.17) is 0 Å². The van der Waals surface area contributed by atoms with Crippen molar-refractivity contribution in [2.24, 2.45) is 11.8 Å². The van der Waals surface area contributed by atoms with Crippen molar-refractivity contribution in [2.75, 3.05) is 5.32 Å². The minimum absolute atomic E-state index is 0.754. The largest absolute Gasteiger partial charge is 0.382 e. The molecule has 0 amide bonds. The smallest absolute Gasteiger partial charge is 0.0342 e. The lowest BCUT2D eigenvalue weighted by Crippen LogP contribution is -2.25. The molecule has 104 valence electrons. The van der Waals surface area contributed by atoms with Gasteiger partial charge in [-0.3, -0.25) is 0 Å². The summed E-state index contributed by atoms with van der Waals surface area (Å²) in [5.74, 6) is 1.98. The lowest BCUT2D eigenvalue weighted by Gasteiger charge is -2.24. The number of rotatable bonds is 6. The van der Waals surface area contributed by atoms with Crippen LogP contribution in [-0.2, 0) is 6.42 Å². The predicted molar refractivity (Wildman–Crippen MR) is 82.5 cm³/mol. The van der Waals surface area contributed by atoms with Crippen LogP contribution in [0.3, 0.4) is 0 Å². The highest BCUT2D eigenvalue weighted by Crippen LogP contribution is 2.45. The first-order valence-corrected chi connectivity index (χ1v) is 8.20. The SMILES string of the molecule is CCCCCc1ccc(NC2CC3CCC2C3)cc1. The highest BCUT2D eigenvalue weighted by molar-refractivity contribution is 5.46. The van der Waals surface area contributed by atoms with Gasteiger partial charge in [0.15, 0.2) is 0 Å². The number of unbranched alkanes of at least 4 members (excludes halogenated alkanes) is 2. The fourth-order valence-electron chi connectivity index (χ4n) is 3.98. The fraction of sp³-hybridized carbons (Fsp3) is 0.667. The van der Waals surface area contributed by atoms with Gasteiger partial charge < -0.3 is 5.32 Å². The van der Waals surface area contributed by atoms with E-state index in [1.807, 2.05) is 0 Å². The topological polar surface area (TPSA) is 12.0 Å². The van der Waals surface area contributed by atoms with Crippen LogP contribution in [0.15, 0.2) is 24.3 Å². The van der Waals surface area contributed by atoms with Gasteiger partial charge in [0.2, 0.25) is 0 Å². The summed E-state index contributed by atoms with van der Waals surface area (Å²) >= 11 is 0. The van der Waals surface area contributed by atoms with E-state index in [1.54, 1.807) is 0 Å². The molecular formula is C18H27N. The first kappa shape index (κ1) is 13.0. The average molecular weight is 257 g/mol. The zero-order valence-corrected chi connectivity index (χ0v) is 12.2. The number of aryl methyl sites for hydroxylation is 1. The molecule has 1 aromatic carbocycles. The predicted octanol–water partition coefficient (Wildman–Crippen LogP) is 5.02. The van der Waals surface area contributed by atoms with Gasteiger partial charge >= 0.3 is 0 Å². The number of anilines is 1. The molecule has 0 aliphatic heterocycles. The fourth-order valence-corrected chi connectivity index (χ4v) is 3.98. The Hall–Kier alpha value is -0.980. The molecule has 3 unspecified atom stereocenters. The molecular weight excluding hydrogens is 230 g/mol.